The second kappa shape index (κ2) is 6.68. The number of halogens is 2. The Kier molecular flexibility index (Phi) is 5.23. The molecule has 1 amide bonds. The summed E-state index contributed by atoms with van der Waals surface area (Å²) in [4.78, 5) is 22.1. The van der Waals surface area contributed by atoms with Gasteiger partial charge in [-0.15, -0.1) is 0 Å². The molecule has 0 atom stereocenters. The molecular formula is C12H13F2NO3. The number of carbonyl (C=O) groups excluding carboxylic acids is 2. The van der Waals surface area contributed by atoms with Gasteiger partial charge in [0.05, 0.1) is 13.5 Å². The van der Waals surface area contributed by atoms with Crippen molar-refractivity contribution in [2.24, 2.45) is 0 Å². The molecule has 1 N–H and O–H groups in total. The van der Waals surface area contributed by atoms with Crippen LogP contribution in [0.5, 0.6) is 0 Å². The van der Waals surface area contributed by atoms with E-state index in [0.29, 0.717) is 0 Å². The monoisotopic (exact) mass is 257 g/mol. The Morgan fingerprint density at radius 2 is 2.00 bits per heavy atom. The molecule has 0 aromatic heterocycles. The van der Waals surface area contributed by atoms with Gasteiger partial charge >= 0.3 is 5.97 Å². The summed E-state index contributed by atoms with van der Waals surface area (Å²) in [5.41, 5.74) is 0.183. The van der Waals surface area contributed by atoms with E-state index in [4.69, 9.17) is 0 Å². The van der Waals surface area contributed by atoms with Crippen molar-refractivity contribution in [3.8, 4) is 0 Å². The van der Waals surface area contributed by atoms with Gasteiger partial charge in [0.1, 0.15) is 11.6 Å². The Morgan fingerprint density at radius 1 is 1.28 bits per heavy atom. The minimum atomic E-state index is -0.719. The number of hydrogen-bond donors (Lipinski definition) is 1. The first-order valence-electron chi connectivity index (χ1n) is 5.30. The lowest BCUT2D eigenvalue weighted by atomic mass is 10.2. The van der Waals surface area contributed by atoms with Gasteiger partial charge in [-0.05, 0) is 6.07 Å². The first-order valence-corrected chi connectivity index (χ1v) is 5.30. The van der Waals surface area contributed by atoms with Gasteiger partial charge < -0.3 is 10.1 Å². The van der Waals surface area contributed by atoms with Gasteiger partial charge in [-0.25, -0.2) is 8.78 Å². The molecule has 0 bridgehead atoms. The summed E-state index contributed by atoms with van der Waals surface area (Å²) in [5, 5.41) is 2.43. The van der Waals surface area contributed by atoms with Crippen molar-refractivity contribution in [1.82, 2.24) is 5.32 Å². The maximum Gasteiger partial charge on any atom is 0.306 e. The Hall–Kier alpha value is -1.98. The van der Waals surface area contributed by atoms with Crippen LogP contribution < -0.4 is 5.32 Å². The molecule has 0 heterocycles. The maximum atomic E-state index is 13.2. The van der Waals surface area contributed by atoms with E-state index in [1.165, 1.54) is 13.2 Å². The minimum absolute atomic E-state index is 0.0323. The van der Waals surface area contributed by atoms with Crippen molar-refractivity contribution in [2.45, 2.75) is 19.4 Å². The third kappa shape index (κ3) is 4.48. The number of ether oxygens (including phenoxy) is 1. The summed E-state index contributed by atoms with van der Waals surface area (Å²) < 4.78 is 30.2. The molecule has 4 nitrogen and oxygen atoms in total. The van der Waals surface area contributed by atoms with Crippen molar-refractivity contribution in [3.05, 3.63) is 35.4 Å². The van der Waals surface area contributed by atoms with E-state index in [1.807, 2.05) is 0 Å². The van der Waals surface area contributed by atoms with E-state index in [1.54, 1.807) is 0 Å². The fourth-order valence-electron chi connectivity index (χ4n) is 1.26. The predicted molar refractivity (Wildman–Crippen MR) is 59.5 cm³/mol. The summed E-state index contributed by atoms with van der Waals surface area (Å²) in [7, 11) is 1.23. The number of esters is 1. The zero-order valence-corrected chi connectivity index (χ0v) is 9.83. The van der Waals surface area contributed by atoms with Crippen LogP contribution in [0, 0.1) is 11.6 Å². The molecule has 0 aliphatic heterocycles. The highest BCUT2D eigenvalue weighted by Gasteiger charge is 2.08. The van der Waals surface area contributed by atoms with Gasteiger partial charge in [0.25, 0.3) is 0 Å². The van der Waals surface area contributed by atoms with Crippen LogP contribution in [0.25, 0.3) is 0 Å². The van der Waals surface area contributed by atoms with Crippen molar-refractivity contribution >= 4 is 11.9 Å². The molecular weight excluding hydrogens is 244 g/mol. The Balaban J connectivity index is 2.40. The molecule has 0 unspecified atom stereocenters. The predicted octanol–water partition coefficient (Wildman–Crippen LogP) is 1.53. The molecule has 0 radical (unpaired) electrons. The van der Waals surface area contributed by atoms with E-state index in [2.05, 4.69) is 10.1 Å². The lowest BCUT2D eigenvalue weighted by molar-refractivity contribution is -0.142. The zero-order valence-electron chi connectivity index (χ0n) is 9.83. The lowest BCUT2D eigenvalue weighted by Gasteiger charge is -2.06. The van der Waals surface area contributed by atoms with Gasteiger partial charge in [0.15, 0.2) is 0 Å². The average Bonchev–Trinajstić information content (AvgIpc) is 2.34. The number of benzene rings is 1. The SMILES string of the molecule is COC(=O)CCC(=O)NCc1ccc(F)cc1F. The molecule has 0 fully saturated rings. The Morgan fingerprint density at radius 3 is 2.61 bits per heavy atom. The summed E-state index contributed by atoms with van der Waals surface area (Å²) in [5.74, 6) is -2.28. The molecule has 0 aliphatic carbocycles. The summed E-state index contributed by atoms with van der Waals surface area (Å²) in [6.07, 6.45) is -0.0658. The van der Waals surface area contributed by atoms with Crippen LogP contribution in [-0.2, 0) is 20.9 Å². The van der Waals surface area contributed by atoms with E-state index in [-0.39, 0.29) is 24.9 Å². The smallest absolute Gasteiger partial charge is 0.306 e. The van der Waals surface area contributed by atoms with Crippen molar-refractivity contribution in [1.29, 1.82) is 0 Å². The number of rotatable bonds is 5. The van der Waals surface area contributed by atoms with Crippen LogP contribution in [-0.4, -0.2) is 19.0 Å². The molecule has 0 aliphatic rings. The average molecular weight is 257 g/mol. The van der Waals surface area contributed by atoms with E-state index >= 15 is 0 Å². The van der Waals surface area contributed by atoms with Gasteiger partial charge in [-0.3, -0.25) is 9.59 Å². The quantitative estimate of drug-likeness (QED) is 0.814. The molecule has 98 valence electrons. The first kappa shape index (κ1) is 14.1. The van der Waals surface area contributed by atoms with Gasteiger partial charge in [0, 0.05) is 24.6 Å². The second-order valence-electron chi connectivity index (χ2n) is 3.59. The number of methoxy groups -OCH3 is 1. The fraction of sp³-hybridized carbons (Fsp3) is 0.333. The van der Waals surface area contributed by atoms with Crippen LogP contribution >= 0.6 is 0 Å². The molecule has 0 saturated carbocycles. The fourth-order valence-corrected chi connectivity index (χ4v) is 1.26. The van der Waals surface area contributed by atoms with E-state index in [0.717, 1.165) is 12.1 Å². The van der Waals surface area contributed by atoms with Gasteiger partial charge in [-0.2, -0.15) is 0 Å². The highest BCUT2D eigenvalue weighted by Crippen LogP contribution is 2.09. The molecule has 0 saturated heterocycles. The van der Waals surface area contributed by atoms with E-state index < -0.39 is 23.5 Å². The van der Waals surface area contributed by atoms with Crippen molar-refractivity contribution in [3.63, 3.8) is 0 Å². The van der Waals surface area contributed by atoms with Crippen LogP contribution in [0.1, 0.15) is 18.4 Å². The second-order valence-corrected chi connectivity index (χ2v) is 3.59. The maximum absolute atomic E-state index is 13.2. The number of nitrogens with one attached hydrogen (secondary N) is 1. The minimum Gasteiger partial charge on any atom is -0.469 e. The first-order chi connectivity index (χ1) is 8.52. The largest absolute Gasteiger partial charge is 0.469 e. The molecule has 6 heteroatoms. The lowest BCUT2D eigenvalue weighted by Crippen LogP contribution is -2.24. The van der Waals surface area contributed by atoms with Crippen LogP contribution in [0.3, 0.4) is 0 Å². The number of hydrogen-bond acceptors (Lipinski definition) is 3. The molecule has 1 rings (SSSR count). The standard InChI is InChI=1S/C12H13F2NO3/c1-18-12(17)5-4-11(16)15-7-8-2-3-9(13)6-10(8)14/h2-3,6H,4-5,7H2,1H3,(H,15,16). The number of carbonyl (C=O) groups is 2. The molecule has 18 heavy (non-hydrogen) atoms. The van der Waals surface area contributed by atoms with Gasteiger partial charge in [0.2, 0.25) is 5.91 Å². The van der Waals surface area contributed by atoms with E-state index in [9.17, 15) is 18.4 Å². The van der Waals surface area contributed by atoms with Crippen LogP contribution in [0.4, 0.5) is 8.78 Å². The van der Waals surface area contributed by atoms with Crippen molar-refractivity contribution in [2.75, 3.05) is 7.11 Å². The Labute approximate surface area is 103 Å². The zero-order chi connectivity index (χ0) is 13.5. The Bertz CT molecular complexity index is 449. The molecule has 1 aromatic rings. The normalized spacial score (nSPS) is 9.94. The van der Waals surface area contributed by atoms with Crippen molar-refractivity contribution < 1.29 is 23.1 Å². The third-order valence-corrected chi connectivity index (χ3v) is 2.27. The molecule has 0 spiro atoms. The highest BCUT2D eigenvalue weighted by atomic mass is 19.1. The summed E-state index contributed by atoms with van der Waals surface area (Å²) in [6, 6.07) is 3.11. The summed E-state index contributed by atoms with van der Waals surface area (Å²) in [6.45, 7) is -0.0495. The van der Waals surface area contributed by atoms with Gasteiger partial charge in [-0.1, -0.05) is 6.07 Å². The van der Waals surface area contributed by atoms with Crippen LogP contribution in [0.15, 0.2) is 18.2 Å². The summed E-state index contributed by atoms with van der Waals surface area (Å²) >= 11 is 0. The topological polar surface area (TPSA) is 55.4 Å². The van der Waals surface area contributed by atoms with Crippen LogP contribution in [0.2, 0.25) is 0 Å². The third-order valence-electron chi connectivity index (χ3n) is 2.27. The highest BCUT2D eigenvalue weighted by molar-refractivity contribution is 5.81. The molecule has 1 aromatic carbocycles. The number of amides is 1.